The van der Waals surface area contributed by atoms with Crippen LogP contribution in [-0.2, 0) is 9.59 Å². The SMILES string of the molecule is CCOc1ccccc1NC(=O)CNc1ccc(NC(=O)CC)cc1. The lowest BCUT2D eigenvalue weighted by molar-refractivity contribution is -0.116. The van der Waals surface area contributed by atoms with Gasteiger partial charge in [0.2, 0.25) is 11.8 Å². The topological polar surface area (TPSA) is 79.5 Å². The molecule has 6 heteroatoms. The van der Waals surface area contributed by atoms with E-state index in [1.54, 1.807) is 25.1 Å². The quantitative estimate of drug-likeness (QED) is 0.687. The first-order valence-electron chi connectivity index (χ1n) is 8.27. The number of para-hydroxylation sites is 2. The molecule has 6 nitrogen and oxygen atoms in total. The third kappa shape index (κ3) is 5.84. The van der Waals surface area contributed by atoms with Crippen molar-refractivity contribution in [3.63, 3.8) is 0 Å². The van der Waals surface area contributed by atoms with Crippen LogP contribution in [0.15, 0.2) is 48.5 Å². The molecule has 0 atom stereocenters. The fourth-order valence-corrected chi connectivity index (χ4v) is 2.15. The highest BCUT2D eigenvalue weighted by molar-refractivity contribution is 5.95. The average Bonchev–Trinajstić information content (AvgIpc) is 2.63. The zero-order chi connectivity index (χ0) is 18.1. The fourth-order valence-electron chi connectivity index (χ4n) is 2.15. The maximum absolute atomic E-state index is 12.1. The molecule has 0 bridgehead atoms. The van der Waals surface area contributed by atoms with E-state index in [0.717, 1.165) is 11.4 Å². The molecule has 0 fully saturated rings. The summed E-state index contributed by atoms with van der Waals surface area (Å²) in [4.78, 5) is 23.4. The monoisotopic (exact) mass is 341 g/mol. The van der Waals surface area contributed by atoms with Crippen LogP contribution in [0.1, 0.15) is 20.3 Å². The molecule has 0 aliphatic heterocycles. The van der Waals surface area contributed by atoms with E-state index in [-0.39, 0.29) is 18.4 Å². The largest absolute Gasteiger partial charge is 0.492 e. The van der Waals surface area contributed by atoms with Crippen molar-refractivity contribution < 1.29 is 14.3 Å². The minimum Gasteiger partial charge on any atom is -0.492 e. The molecule has 0 aliphatic rings. The maximum Gasteiger partial charge on any atom is 0.243 e. The van der Waals surface area contributed by atoms with Gasteiger partial charge in [-0.25, -0.2) is 0 Å². The molecule has 0 aromatic heterocycles. The Bertz CT molecular complexity index is 714. The molecule has 2 amide bonds. The molecule has 25 heavy (non-hydrogen) atoms. The molecule has 0 spiro atoms. The number of carbonyl (C=O) groups is 2. The summed E-state index contributed by atoms with van der Waals surface area (Å²) in [5.41, 5.74) is 2.17. The molecular formula is C19H23N3O3. The number of anilines is 3. The minimum absolute atomic E-state index is 0.0342. The molecule has 0 saturated carbocycles. The van der Waals surface area contributed by atoms with E-state index in [0.29, 0.717) is 24.5 Å². The Morgan fingerprint density at radius 2 is 1.56 bits per heavy atom. The molecule has 3 N–H and O–H groups in total. The van der Waals surface area contributed by atoms with E-state index < -0.39 is 0 Å². The Kier molecular flexibility index (Phi) is 6.83. The maximum atomic E-state index is 12.1. The second-order valence-electron chi connectivity index (χ2n) is 5.31. The number of hydrogen-bond acceptors (Lipinski definition) is 4. The van der Waals surface area contributed by atoms with Gasteiger partial charge in [0.1, 0.15) is 5.75 Å². The summed E-state index contributed by atoms with van der Waals surface area (Å²) in [5, 5.41) is 8.65. The number of benzene rings is 2. The van der Waals surface area contributed by atoms with Crippen LogP contribution < -0.4 is 20.7 Å². The van der Waals surface area contributed by atoms with Crippen molar-refractivity contribution >= 4 is 28.9 Å². The highest BCUT2D eigenvalue weighted by atomic mass is 16.5. The Hall–Kier alpha value is -3.02. The Morgan fingerprint density at radius 1 is 0.880 bits per heavy atom. The standard InChI is InChI=1S/C19H23N3O3/c1-3-18(23)21-15-11-9-14(10-12-15)20-13-19(24)22-16-7-5-6-8-17(16)25-4-2/h5-12,20H,3-4,13H2,1-2H3,(H,21,23)(H,22,24). The lowest BCUT2D eigenvalue weighted by Crippen LogP contribution is -2.22. The third-order valence-electron chi connectivity index (χ3n) is 3.40. The molecule has 132 valence electrons. The second-order valence-corrected chi connectivity index (χ2v) is 5.31. The third-order valence-corrected chi connectivity index (χ3v) is 3.40. The molecule has 0 radical (unpaired) electrons. The smallest absolute Gasteiger partial charge is 0.243 e. The van der Waals surface area contributed by atoms with Gasteiger partial charge in [-0.3, -0.25) is 9.59 Å². The Morgan fingerprint density at radius 3 is 2.24 bits per heavy atom. The summed E-state index contributed by atoms with van der Waals surface area (Å²) in [6.07, 6.45) is 0.434. The van der Waals surface area contributed by atoms with Crippen molar-refractivity contribution in [1.29, 1.82) is 0 Å². The van der Waals surface area contributed by atoms with Gasteiger partial charge in [0, 0.05) is 17.8 Å². The van der Waals surface area contributed by atoms with Gasteiger partial charge in [0.05, 0.1) is 18.8 Å². The van der Waals surface area contributed by atoms with Crippen LogP contribution in [0.4, 0.5) is 17.1 Å². The van der Waals surface area contributed by atoms with Gasteiger partial charge in [-0.15, -0.1) is 0 Å². The molecule has 0 unspecified atom stereocenters. The first-order valence-corrected chi connectivity index (χ1v) is 8.27. The Labute approximate surface area is 147 Å². The number of carbonyl (C=O) groups excluding carboxylic acids is 2. The lowest BCUT2D eigenvalue weighted by Gasteiger charge is -2.12. The molecule has 0 heterocycles. The second kappa shape index (κ2) is 9.32. The fraction of sp³-hybridized carbons (Fsp3) is 0.263. The van der Waals surface area contributed by atoms with Crippen molar-refractivity contribution in [2.45, 2.75) is 20.3 Å². The number of amides is 2. The molecular weight excluding hydrogens is 318 g/mol. The van der Waals surface area contributed by atoms with Crippen LogP contribution in [0.3, 0.4) is 0 Å². The molecule has 0 aliphatic carbocycles. The first-order chi connectivity index (χ1) is 12.1. The van der Waals surface area contributed by atoms with Crippen molar-refractivity contribution in [2.75, 3.05) is 29.1 Å². The van der Waals surface area contributed by atoms with Crippen LogP contribution in [0.2, 0.25) is 0 Å². The van der Waals surface area contributed by atoms with Crippen LogP contribution in [0.5, 0.6) is 5.75 Å². The molecule has 0 saturated heterocycles. The summed E-state index contributed by atoms with van der Waals surface area (Å²) in [6.45, 7) is 4.35. The van der Waals surface area contributed by atoms with Crippen molar-refractivity contribution in [2.24, 2.45) is 0 Å². The predicted molar refractivity (Wildman–Crippen MR) is 100 cm³/mol. The summed E-state index contributed by atoms with van der Waals surface area (Å²) in [6, 6.07) is 14.5. The number of ether oxygens (including phenoxy) is 1. The summed E-state index contributed by atoms with van der Waals surface area (Å²) in [7, 11) is 0. The van der Waals surface area contributed by atoms with E-state index in [4.69, 9.17) is 4.74 Å². The van der Waals surface area contributed by atoms with Gasteiger partial charge in [0.25, 0.3) is 0 Å². The minimum atomic E-state index is -0.171. The van der Waals surface area contributed by atoms with E-state index in [2.05, 4.69) is 16.0 Å². The van der Waals surface area contributed by atoms with Gasteiger partial charge in [-0.05, 0) is 43.3 Å². The summed E-state index contributed by atoms with van der Waals surface area (Å²) < 4.78 is 5.49. The normalized spacial score (nSPS) is 10.0. The average molecular weight is 341 g/mol. The Balaban J connectivity index is 1.87. The molecule has 2 aromatic carbocycles. The number of rotatable bonds is 8. The number of hydrogen-bond donors (Lipinski definition) is 3. The zero-order valence-corrected chi connectivity index (χ0v) is 14.5. The van der Waals surface area contributed by atoms with Crippen LogP contribution in [-0.4, -0.2) is 25.0 Å². The van der Waals surface area contributed by atoms with E-state index in [9.17, 15) is 9.59 Å². The zero-order valence-electron chi connectivity index (χ0n) is 14.5. The summed E-state index contributed by atoms with van der Waals surface area (Å²) in [5.74, 6) is 0.443. The highest BCUT2D eigenvalue weighted by Gasteiger charge is 2.07. The van der Waals surface area contributed by atoms with E-state index >= 15 is 0 Å². The van der Waals surface area contributed by atoms with Gasteiger partial charge in [-0.2, -0.15) is 0 Å². The highest BCUT2D eigenvalue weighted by Crippen LogP contribution is 2.23. The van der Waals surface area contributed by atoms with Crippen LogP contribution >= 0.6 is 0 Å². The number of nitrogens with one attached hydrogen (secondary N) is 3. The predicted octanol–water partition coefficient (Wildman–Crippen LogP) is 3.48. The molecule has 2 aromatic rings. The lowest BCUT2D eigenvalue weighted by atomic mass is 10.2. The summed E-state index contributed by atoms with van der Waals surface area (Å²) >= 11 is 0. The van der Waals surface area contributed by atoms with Gasteiger partial charge in [0.15, 0.2) is 0 Å². The van der Waals surface area contributed by atoms with Crippen molar-refractivity contribution in [3.8, 4) is 5.75 Å². The van der Waals surface area contributed by atoms with Gasteiger partial charge in [-0.1, -0.05) is 19.1 Å². The van der Waals surface area contributed by atoms with E-state index in [1.807, 2.05) is 37.3 Å². The molecule has 2 rings (SSSR count). The van der Waals surface area contributed by atoms with Crippen molar-refractivity contribution in [3.05, 3.63) is 48.5 Å². The van der Waals surface area contributed by atoms with Gasteiger partial charge < -0.3 is 20.7 Å². The van der Waals surface area contributed by atoms with E-state index in [1.165, 1.54) is 0 Å². The van der Waals surface area contributed by atoms with Crippen LogP contribution in [0.25, 0.3) is 0 Å². The first kappa shape index (κ1) is 18.3. The van der Waals surface area contributed by atoms with Crippen molar-refractivity contribution in [1.82, 2.24) is 0 Å². The van der Waals surface area contributed by atoms with Crippen LogP contribution in [0, 0.1) is 0 Å². The van der Waals surface area contributed by atoms with Gasteiger partial charge >= 0.3 is 0 Å².